The fraction of sp³-hybridized carbons (Fsp3) is 1.00. The third-order valence-electron chi connectivity index (χ3n) is 2.35. The minimum atomic E-state index is 0.405. The maximum Gasteiger partial charge on any atom is 0.0674 e. The van der Waals surface area contributed by atoms with Crippen molar-refractivity contribution in [3.05, 3.63) is 0 Å². The fourth-order valence-electron chi connectivity index (χ4n) is 1.53. The Morgan fingerprint density at radius 1 is 1.67 bits per heavy atom. The highest BCUT2D eigenvalue weighted by Crippen LogP contribution is 2.04. The largest absolute Gasteiger partial charge is 0.376 e. The summed E-state index contributed by atoms with van der Waals surface area (Å²) in [6.45, 7) is 8.51. The summed E-state index contributed by atoms with van der Waals surface area (Å²) in [6.07, 6.45) is 0.405. The van der Waals surface area contributed by atoms with Crippen molar-refractivity contribution < 1.29 is 4.74 Å². The second-order valence-corrected chi connectivity index (χ2v) is 3.63. The zero-order chi connectivity index (χ0) is 8.97. The molecule has 1 N–H and O–H groups in total. The summed E-state index contributed by atoms with van der Waals surface area (Å²) in [5.74, 6) is 0. The predicted molar refractivity (Wildman–Crippen MR) is 50.4 cm³/mol. The van der Waals surface area contributed by atoms with Crippen molar-refractivity contribution in [3.8, 4) is 0 Å². The van der Waals surface area contributed by atoms with Crippen LogP contribution in [-0.4, -0.2) is 50.3 Å². The van der Waals surface area contributed by atoms with E-state index < -0.39 is 0 Å². The van der Waals surface area contributed by atoms with E-state index in [0.29, 0.717) is 12.1 Å². The van der Waals surface area contributed by atoms with E-state index in [1.165, 1.54) is 0 Å². The van der Waals surface area contributed by atoms with Gasteiger partial charge < -0.3 is 10.1 Å². The third kappa shape index (κ3) is 3.09. The summed E-state index contributed by atoms with van der Waals surface area (Å²) in [5, 5.41) is 3.24. The zero-order valence-corrected chi connectivity index (χ0v) is 8.34. The van der Waals surface area contributed by atoms with Gasteiger partial charge in [0.2, 0.25) is 0 Å². The third-order valence-corrected chi connectivity index (χ3v) is 2.35. The molecule has 1 fully saturated rings. The number of rotatable bonds is 3. The van der Waals surface area contributed by atoms with Crippen molar-refractivity contribution in [2.75, 3.05) is 33.3 Å². The Morgan fingerprint density at radius 3 is 3.00 bits per heavy atom. The molecule has 1 aliphatic heterocycles. The molecule has 2 atom stereocenters. The number of hydrogen-bond donors (Lipinski definition) is 1. The van der Waals surface area contributed by atoms with Gasteiger partial charge in [0.15, 0.2) is 0 Å². The molecule has 0 bridgehead atoms. The Kier molecular flexibility index (Phi) is 3.98. The minimum absolute atomic E-state index is 0.405. The molecule has 3 nitrogen and oxygen atoms in total. The number of morpholine rings is 1. The molecular weight excluding hydrogens is 152 g/mol. The number of ether oxygens (including phenoxy) is 1. The van der Waals surface area contributed by atoms with Crippen LogP contribution in [0, 0.1) is 0 Å². The van der Waals surface area contributed by atoms with Crippen molar-refractivity contribution in [1.82, 2.24) is 10.2 Å². The lowest BCUT2D eigenvalue weighted by molar-refractivity contribution is -0.0202. The maximum atomic E-state index is 5.46. The van der Waals surface area contributed by atoms with Gasteiger partial charge in [-0.25, -0.2) is 0 Å². The van der Waals surface area contributed by atoms with Crippen molar-refractivity contribution in [3.63, 3.8) is 0 Å². The van der Waals surface area contributed by atoms with E-state index in [4.69, 9.17) is 4.74 Å². The molecule has 1 saturated heterocycles. The lowest BCUT2D eigenvalue weighted by Gasteiger charge is -2.32. The van der Waals surface area contributed by atoms with E-state index >= 15 is 0 Å². The molecule has 0 spiro atoms. The van der Waals surface area contributed by atoms with Crippen LogP contribution in [0.15, 0.2) is 0 Å². The average Bonchev–Trinajstić information content (AvgIpc) is 2.04. The number of nitrogens with one attached hydrogen (secondary N) is 1. The predicted octanol–water partition coefficient (Wildman–Crippen LogP) is 0.315. The van der Waals surface area contributed by atoms with Gasteiger partial charge >= 0.3 is 0 Å². The van der Waals surface area contributed by atoms with E-state index in [2.05, 4.69) is 24.1 Å². The van der Waals surface area contributed by atoms with Crippen molar-refractivity contribution in [2.45, 2.75) is 26.0 Å². The van der Waals surface area contributed by atoms with Crippen LogP contribution >= 0.6 is 0 Å². The van der Waals surface area contributed by atoms with Crippen LogP contribution in [0.5, 0.6) is 0 Å². The summed E-state index contributed by atoms with van der Waals surface area (Å²) >= 11 is 0. The van der Waals surface area contributed by atoms with Crippen LogP contribution in [0.4, 0.5) is 0 Å². The molecule has 1 rings (SSSR count). The molecule has 0 aromatic carbocycles. The highest BCUT2D eigenvalue weighted by atomic mass is 16.5. The molecular formula is C9H20N2O. The second-order valence-electron chi connectivity index (χ2n) is 3.63. The van der Waals surface area contributed by atoms with E-state index in [0.717, 1.165) is 26.2 Å². The summed E-state index contributed by atoms with van der Waals surface area (Å²) in [7, 11) is 2.01. The van der Waals surface area contributed by atoms with Gasteiger partial charge in [-0.3, -0.25) is 4.90 Å². The number of hydrogen-bond acceptors (Lipinski definition) is 3. The Morgan fingerprint density at radius 2 is 2.42 bits per heavy atom. The van der Waals surface area contributed by atoms with Gasteiger partial charge in [-0.2, -0.15) is 0 Å². The molecule has 12 heavy (non-hydrogen) atoms. The standard InChI is InChI=1S/C9H20N2O/c1-8(10-3)6-11-4-5-12-9(2)7-11/h8-10H,4-7H2,1-3H3. The Bertz CT molecular complexity index is 130. The van der Waals surface area contributed by atoms with Gasteiger partial charge in [0.25, 0.3) is 0 Å². The highest BCUT2D eigenvalue weighted by Gasteiger charge is 2.17. The molecule has 1 heterocycles. The van der Waals surface area contributed by atoms with E-state index in [-0.39, 0.29) is 0 Å². The molecule has 0 aromatic rings. The molecule has 0 aliphatic carbocycles. The van der Waals surface area contributed by atoms with Crippen molar-refractivity contribution >= 4 is 0 Å². The van der Waals surface area contributed by atoms with Gasteiger partial charge in [0.05, 0.1) is 12.7 Å². The quantitative estimate of drug-likeness (QED) is 0.663. The molecule has 3 heteroatoms. The van der Waals surface area contributed by atoms with E-state index in [1.54, 1.807) is 0 Å². The second kappa shape index (κ2) is 4.80. The molecule has 2 unspecified atom stereocenters. The Hall–Kier alpha value is -0.120. The maximum absolute atomic E-state index is 5.46. The SMILES string of the molecule is CNC(C)CN1CCOC(C)C1. The first-order valence-corrected chi connectivity index (χ1v) is 4.73. The molecule has 0 saturated carbocycles. The minimum Gasteiger partial charge on any atom is -0.376 e. The van der Waals surface area contributed by atoms with Crippen LogP contribution < -0.4 is 5.32 Å². The van der Waals surface area contributed by atoms with Crippen LogP contribution in [0.1, 0.15) is 13.8 Å². The summed E-state index contributed by atoms with van der Waals surface area (Å²) in [5.41, 5.74) is 0. The van der Waals surface area contributed by atoms with Gasteiger partial charge in [0, 0.05) is 25.7 Å². The fourth-order valence-corrected chi connectivity index (χ4v) is 1.53. The monoisotopic (exact) mass is 172 g/mol. The molecule has 72 valence electrons. The van der Waals surface area contributed by atoms with E-state index in [9.17, 15) is 0 Å². The lowest BCUT2D eigenvalue weighted by atomic mass is 10.2. The summed E-state index contributed by atoms with van der Waals surface area (Å²) in [4.78, 5) is 2.45. The first-order chi connectivity index (χ1) is 5.72. The number of nitrogens with zero attached hydrogens (tertiary/aromatic N) is 1. The smallest absolute Gasteiger partial charge is 0.0674 e. The molecule has 0 aromatic heterocycles. The Labute approximate surface area is 75.1 Å². The van der Waals surface area contributed by atoms with E-state index in [1.807, 2.05) is 7.05 Å². The lowest BCUT2D eigenvalue weighted by Crippen LogP contribution is -2.46. The van der Waals surface area contributed by atoms with Crippen molar-refractivity contribution in [2.24, 2.45) is 0 Å². The molecule has 0 amide bonds. The topological polar surface area (TPSA) is 24.5 Å². The Balaban J connectivity index is 2.22. The highest BCUT2D eigenvalue weighted by molar-refractivity contribution is 4.71. The van der Waals surface area contributed by atoms with Crippen LogP contribution in [0.3, 0.4) is 0 Å². The normalized spacial score (nSPS) is 28.8. The first kappa shape index (κ1) is 9.96. The van der Waals surface area contributed by atoms with Gasteiger partial charge in [0.1, 0.15) is 0 Å². The molecule has 0 radical (unpaired) electrons. The number of likely N-dealkylation sites (N-methyl/N-ethyl adjacent to an activating group) is 1. The summed E-state index contributed by atoms with van der Waals surface area (Å²) < 4.78 is 5.46. The first-order valence-electron chi connectivity index (χ1n) is 4.73. The van der Waals surface area contributed by atoms with Crippen LogP contribution in [0.2, 0.25) is 0 Å². The van der Waals surface area contributed by atoms with Crippen LogP contribution in [0.25, 0.3) is 0 Å². The van der Waals surface area contributed by atoms with Gasteiger partial charge in [-0.05, 0) is 20.9 Å². The van der Waals surface area contributed by atoms with Crippen LogP contribution in [-0.2, 0) is 4.74 Å². The van der Waals surface area contributed by atoms with Gasteiger partial charge in [-0.1, -0.05) is 0 Å². The molecule has 1 aliphatic rings. The zero-order valence-electron chi connectivity index (χ0n) is 8.34. The summed E-state index contributed by atoms with van der Waals surface area (Å²) in [6, 6.07) is 0.579. The average molecular weight is 172 g/mol. The van der Waals surface area contributed by atoms with Crippen molar-refractivity contribution in [1.29, 1.82) is 0 Å². The van der Waals surface area contributed by atoms with Gasteiger partial charge in [-0.15, -0.1) is 0 Å².